The van der Waals surface area contributed by atoms with Crippen molar-refractivity contribution in [3.8, 4) is 22.8 Å². The number of piperazine rings is 1. The van der Waals surface area contributed by atoms with Gasteiger partial charge >= 0.3 is 0 Å². The van der Waals surface area contributed by atoms with Crippen molar-refractivity contribution in [2.45, 2.75) is 0 Å². The Morgan fingerprint density at radius 2 is 1.75 bits per heavy atom. The van der Waals surface area contributed by atoms with Gasteiger partial charge < -0.3 is 19.3 Å². The Bertz CT molecular complexity index is 1090. The first-order valence-corrected chi connectivity index (χ1v) is 10.9. The number of ether oxygens (including phenoxy) is 2. The van der Waals surface area contributed by atoms with E-state index >= 15 is 0 Å². The molecule has 0 unspecified atom stereocenters. The highest BCUT2D eigenvalue weighted by Crippen LogP contribution is 2.29. The second-order valence-electron chi connectivity index (χ2n) is 7.21. The molecule has 1 saturated heterocycles. The summed E-state index contributed by atoms with van der Waals surface area (Å²) in [6, 6.07) is 16.5. The largest absolute Gasteiger partial charge is 0.496 e. The van der Waals surface area contributed by atoms with Crippen molar-refractivity contribution in [1.82, 2.24) is 15.1 Å². The lowest BCUT2D eigenvalue weighted by Gasteiger charge is -2.35. The van der Waals surface area contributed by atoms with Crippen LogP contribution in [-0.2, 0) is 4.79 Å². The van der Waals surface area contributed by atoms with E-state index in [1.807, 2.05) is 36.4 Å². The zero-order chi connectivity index (χ0) is 22.5. The average Bonchev–Trinajstić information content (AvgIpc) is 2.84. The van der Waals surface area contributed by atoms with Crippen LogP contribution in [0.15, 0.2) is 54.6 Å². The van der Waals surface area contributed by atoms with Gasteiger partial charge in [0.1, 0.15) is 11.5 Å². The van der Waals surface area contributed by atoms with Gasteiger partial charge in [0.05, 0.1) is 17.8 Å². The van der Waals surface area contributed by atoms with Crippen LogP contribution in [0.3, 0.4) is 0 Å². The zero-order valence-corrected chi connectivity index (χ0v) is 19.0. The van der Waals surface area contributed by atoms with E-state index in [0.29, 0.717) is 42.0 Å². The molecule has 166 valence electrons. The predicted octanol–water partition coefficient (Wildman–Crippen LogP) is 4.19. The van der Waals surface area contributed by atoms with Crippen molar-refractivity contribution in [2.24, 2.45) is 0 Å². The number of anilines is 1. The molecule has 2 heterocycles. The van der Waals surface area contributed by atoms with Crippen molar-refractivity contribution in [3.05, 3.63) is 64.6 Å². The zero-order valence-electron chi connectivity index (χ0n) is 17.5. The quantitative estimate of drug-likeness (QED) is 0.535. The molecule has 4 rings (SSSR count). The van der Waals surface area contributed by atoms with Crippen molar-refractivity contribution in [3.63, 3.8) is 0 Å². The number of methoxy groups -OCH3 is 1. The topological polar surface area (TPSA) is 67.8 Å². The van der Waals surface area contributed by atoms with Gasteiger partial charge in [0.15, 0.2) is 12.4 Å². The van der Waals surface area contributed by atoms with Gasteiger partial charge in [0.2, 0.25) is 0 Å². The highest BCUT2D eigenvalue weighted by atomic mass is 35.5. The van der Waals surface area contributed by atoms with Gasteiger partial charge in [-0.2, -0.15) is 0 Å². The van der Waals surface area contributed by atoms with Crippen LogP contribution in [0, 0.1) is 0 Å². The van der Waals surface area contributed by atoms with Crippen molar-refractivity contribution in [2.75, 3.05) is 44.8 Å². The van der Waals surface area contributed by atoms with Crippen LogP contribution in [0.1, 0.15) is 0 Å². The third-order valence-electron chi connectivity index (χ3n) is 5.23. The van der Waals surface area contributed by atoms with Gasteiger partial charge in [-0.05, 0) is 36.4 Å². The van der Waals surface area contributed by atoms with Gasteiger partial charge in [0, 0.05) is 42.8 Å². The molecule has 7 nitrogen and oxygen atoms in total. The summed E-state index contributed by atoms with van der Waals surface area (Å²) in [6.07, 6.45) is 0. The molecular weight excluding hydrogens is 451 g/mol. The second kappa shape index (κ2) is 10.1. The molecule has 1 aliphatic heterocycles. The number of para-hydroxylation sites is 1. The molecule has 0 spiro atoms. The molecule has 1 aliphatic rings. The van der Waals surface area contributed by atoms with Gasteiger partial charge in [-0.3, -0.25) is 4.79 Å². The van der Waals surface area contributed by atoms with Crippen LogP contribution < -0.4 is 14.4 Å². The number of amides is 1. The van der Waals surface area contributed by atoms with Crippen LogP contribution in [0.4, 0.5) is 5.82 Å². The number of hydrogen-bond acceptors (Lipinski definition) is 6. The van der Waals surface area contributed by atoms with E-state index in [4.69, 9.17) is 32.7 Å². The Morgan fingerprint density at radius 3 is 2.47 bits per heavy atom. The molecule has 3 aromatic rings. The monoisotopic (exact) mass is 472 g/mol. The normalized spacial score (nSPS) is 13.7. The van der Waals surface area contributed by atoms with E-state index < -0.39 is 0 Å². The maximum absolute atomic E-state index is 12.5. The van der Waals surface area contributed by atoms with E-state index in [9.17, 15) is 4.79 Å². The molecule has 0 radical (unpaired) electrons. The number of aromatic nitrogens is 2. The summed E-state index contributed by atoms with van der Waals surface area (Å²) >= 11 is 12.0. The molecular formula is C23H22Cl2N4O3. The smallest absolute Gasteiger partial charge is 0.260 e. The van der Waals surface area contributed by atoms with E-state index in [1.54, 1.807) is 30.2 Å². The molecule has 9 heteroatoms. The van der Waals surface area contributed by atoms with Crippen LogP contribution in [0.2, 0.25) is 10.0 Å². The number of halogens is 2. The van der Waals surface area contributed by atoms with Gasteiger partial charge in [-0.15, -0.1) is 10.2 Å². The third-order valence-corrected chi connectivity index (χ3v) is 5.78. The molecule has 1 amide bonds. The Labute approximate surface area is 196 Å². The first-order valence-electron chi connectivity index (χ1n) is 10.1. The maximum atomic E-state index is 12.5. The number of carbonyl (C=O) groups excluding carboxylic acids is 1. The molecule has 0 atom stereocenters. The molecule has 1 fully saturated rings. The summed E-state index contributed by atoms with van der Waals surface area (Å²) in [7, 11) is 1.63. The first kappa shape index (κ1) is 22.2. The summed E-state index contributed by atoms with van der Waals surface area (Å²) in [6.45, 7) is 2.37. The van der Waals surface area contributed by atoms with Gasteiger partial charge in [-0.1, -0.05) is 35.3 Å². The fraction of sp³-hybridized carbons (Fsp3) is 0.261. The minimum absolute atomic E-state index is 0.0898. The molecule has 0 N–H and O–H groups in total. The number of nitrogens with zero attached hydrogens (tertiary/aromatic N) is 4. The lowest BCUT2D eigenvalue weighted by atomic mass is 10.1. The van der Waals surface area contributed by atoms with Gasteiger partial charge in [0.25, 0.3) is 5.91 Å². The van der Waals surface area contributed by atoms with Crippen molar-refractivity contribution < 1.29 is 14.3 Å². The van der Waals surface area contributed by atoms with Gasteiger partial charge in [-0.25, -0.2) is 0 Å². The lowest BCUT2D eigenvalue weighted by Crippen LogP contribution is -2.50. The van der Waals surface area contributed by atoms with E-state index in [2.05, 4.69) is 15.1 Å². The Hall–Kier alpha value is -3.03. The molecule has 0 saturated carbocycles. The second-order valence-corrected chi connectivity index (χ2v) is 8.05. The highest BCUT2D eigenvalue weighted by molar-refractivity contribution is 6.34. The summed E-state index contributed by atoms with van der Waals surface area (Å²) in [4.78, 5) is 16.4. The van der Waals surface area contributed by atoms with Crippen molar-refractivity contribution >= 4 is 34.9 Å². The van der Waals surface area contributed by atoms with Crippen LogP contribution in [-0.4, -0.2) is 60.9 Å². The number of benzene rings is 2. The summed E-state index contributed by atoms with van der Waals surface area (Å²) in [5, 5.41) is 9.67. The Kier molecular flexibility index (Phi) is 6.97. The van der Waals surface area contributed by atoms with Crippen LogP contribution in [0.25, 0.3) is 11.3 Å². The molecule has 0 aliphatic carbocycles. The van der Waals surface area contributed by atoms with Crippen molar-refractivity contribution in [1.29, 1.82) is 0 Å². The predicted molar refractivity (Wildman–Crippen MR) is 125 cm³/mol. The minimum atomic E-state index is -0.0988. The van der Waals surface area contributed by atoms with E-state index in [1.165, 1.54) is 0 Å². The number of carbonyl (C=O) groups is 1. The van der Waals surface area contributed by atoms with E-state index in [-0.39, 0.29) is 12.5 Å². The third kappa shape index (κ3) is 5.06. The molecule has 2 aromatic carbocycles. The summed E-state index contributed by atoms with van der Waals surface area (Å²) in [5.74, 6) is 1.83. The molecule has 0 bridgehead atoms. The highest BCUT2D eigenvalue weighted by Gasteiger charge is 2.23. The summed E-state index contributed by atoms with van der Waals surface area (Å²) < 4.78 is 11.0. The van der Waals surface area contributed by atoms with Crippen LogP contribution in [0.5, 0.6) is 11.5 Å². The fourth-order valence-corrected chi connectivity index (χ4v) is 3.83. The lowest BCUT2D eigenvalue weighted by molar-refractivity contribution is -0.133. The molecule has 32 heavy (non-hydrogen) atoms. The Morgan fingerprint density at radius 1 is 0.969 bits per heavy atom. The maximum Gasteiger partial charge on any atom is 0.260 e. The SMILES string of the molecule is COc1ccccc1-c1ccc(N2CCN(C(=O)COc3cc(Cl)ccc3Cl)CC2)nn1. The number of hydrogen-bond donors (Lipinski definition) is 0. The molecule has 1 aromatic heterocycles. The minimum Gasteiger partial charge on any atom is -0.496 e. The van der Waals surface area contributed by atoms with Crippen LogP contribution >= 0.6 is 23.2 Å². The average molecular weight is 473 g/mol. The van der Waals surface area contributed by atoms with E-state index in [0.717, 1.165) is 22.8 Å². The fourth-order valence-electron chi connectivity index (χ4n) is 3.50. The number of rotatable bonds is 6. The Balaban J connectivity index is 1.32. The standard InChI is InChI=1S/C23H22Cl2N4O3/c1-31-20-5-3-2-4-17(20)19-8-9-22(27-26-19)28-10-12-29(13-11-28)23(30)15-32-21-14-16(24)6-7-18(21)25/h2-9,14H,10-13,15H2,1H3. The first-order chi connectivity index (χ1) is 15.5. The summed E-state index contributed by atoms with van der Waals surface area (Å²) in [5.41, 5.74) is 1.64.